The van der Waals surface area contributed by atoms with Gasteiger partial charge in [-0.1, -0.05) is 39.5 Å². The van der Waals surface area contributed by atoms with E-state index in [-0.39, 0.29) is 0 Å². The topological polar surface area (TPSA) is 29.9 Å². The van der Waals surface area contributed by atoms with Crippen LogP contribution in [0.5, 0.6) is 0 Å². The van der Waals surface area contributed by atoms with Crippen molar-refractivity contribution < 1.29 is 0 Å². The van der Waals surface area contributed by atoms with Crippen LogP contribution in [0.2, 0.25) is 0 Å². The Labute approximate surface area is 129 Å². The van der Waals surface area contributed by atoms with Crippen LogP contribution in [0.25, 0.3) is 0 Å². The van der Waals surface area contributed by atoms with E-state index in [1.54, 1.807) is 0 Å². The van der Waals surface area contributed by atoms with Gasteiger partial charge in [0.25, 0.3) is 0 Å². The minimum absolute atomic E-state index is 0.611. The molecule has 1 aromatic rings. The molecule has 118 valence electrons. The number of likely N-dealkylation sites (N-methyl/N-ethyl adjacent to an activating group) is 1. The fourth-order valence-electron chi connectivity index (χ4n) is 4.49. The van der Waals surface area contributed by atoms with Crippen molar-refractivity contribution in [2.24, 2.45) is 11.8 Å². The molecule has 0 aromatic carbocycles. The molecule has 0 aliphatic heterocycles. The standard InChI is InChI=1S/C18H31N3/c1-3-19-18(17-10-6-7-14(17)2)13-15-11-12-21(20-15)16-8-4-5-9-16/h11-12,14,16-19H,3-10,13H2,1-2H3. The highest BCUT2D eigenvalue weighted by Crippen LogP contribution is 2.35. The molecule has 0 bridgehead atoms. The van der Waals surface area contributed by atoms with Crippen LogP contribution in [0.15, 0.2) is 12.3 Å². The van der Waals surface area contributed by atoms with Gasteiger partial charge in [-0.05, 0) is 43.7 Å². The molecule has 2 saturated carbocycles. The summed E-state index contributed by atoms with van der Waals surface area (Å²) in [4.78, 5) is 0. The van der Waals surface area contributed by atoms with Crippen LogP contribution in [0.4, 0.5) is 0 Å². The average Bonchev–Trinajstić information content (AvgIpc) is 3.18. The van der Waals surface area contributed by atoms with Gasteiger partial charge >= 0.3 is 0 Å². The SMILES string of the molecule is CCNC(Cc1ccn(C2CCCC2)n1)C1CCCC1C. The van der Waals surface area contributed by atoms with E-state index in [0.29, 0.717) is 12.1 Å². The molecule has 2 fully saturated rings. The van der Waals surface area contributed by atoms with Gasteiger partial charge in [-0.2, -0.15) is 5.10 Å². The smallest absolute Gasteiger partial charge is 0.0640 e. The van der Waals surface area contributed by atoms with Gasteiger partial charge in [0.15, 0.2) is 0 Å². The Morgan fingerprint density at radius 1 is 1.24 bits per heavy atom. The minimum atomic E-state index is 0.611. The maximum absolute atomic E-state index is 4.89. The quantitative estimate of drug-likeness (QED) is 0.859. The molecule has 0 saturated heterocycles. The van der Waals surface area contributed by atoms with Crippen LogP contribution in [0.1, 0.15) is 70.5 Å². The first-order valence-corrected chi connectivity index (χ1v) is 9.05. The first-order chi connectivity index (χ1) is 10.3. The molecule has 21 heavy (non-hydrogen) atoms. The van der Waals surface area contributed by atoms with Crippen LogP contribution in [0, 0.1) is 11.8 Å². The number of nitrogens with zero attached hydrogens (tertiary/aromatic N) is 2. The van der Waals surface area contributed by atoms with Gasteiger partial charge in [0.05, 0.1) is 11.7 Å². The van der Waals surface area contributed by atoms with Crippen LogP contribution < -0.4 is 5.32 Å². The lowest BCUT2D eigenvalue weighted by Gasteiger charge is -2.27. The van der Waals surface area contributed by atoms with Crippen molar-refractivity contribution in [3.05, 3.63) is 18.0 Å². The minimum Gasteiger partial charge on any atom is -0.314 e. The fraction of sp³-hybridized carbons (Fsp3) is 0.833. The Morgan fingerprint density at radius 2 is 2.05 bits per heavy atom. The molecule has 3 unspecified atom stereocenters. The molecule has 1 N–H and O–H groups in total. The first-order valence-electron chi connectivity index (χ1n) is 9.05. The monoisotopic (exact) mass is 289 g/mol. The summed E-state index contributed by atoms with van der Waals surface area (Å²) in [5, 5.41) is 8.62. The molecule has 3 nitrogen and oxygen atoms in total. The molecular weight excluding hydrogens is 258 g/mol. The molecule has 3 atom stereocenters. The van der Waals surface area contributed by atoms with Gasteiger partial charge < -0.3 is 5.32 Å². The molecule has 0 amide bonds. The summed E-state index contributed by atoms with van der Waals surface area (Å²) in [6, 6.07) is 3.53. The van der Waals surface area contributed by atoms with Gasteiger partial charge in [-0.25, -0.2) is 0 Å². The third-order valence-corrected chi connectivity index (χ3v) is 5.70. The molecule has 0 spiro atoms. The number of aromatic nitrogens is 2. The Balaban J connectivity index is 1.64. The highest BCUT2D eigenvalue weighted by Gasteiger charge is 2.31. The number of nitrogens with one attached hydrogen (secondary N) is 1. The van der Waals surface area contributed by atoms with E-state index in [9.17, 15) is 0 Å². The van der Waals surface area contributed by atoms with Gasteiger partial charge in [0.1, 0.15) is 0 Å². The van der Waals surface area contributed by atoms with Crippen molar-refractivity contribution in [3.8, 4) is 0 Å². The summed E-state index contributed by atoms with van der Waals surface area (Å²) in [5.41, 5.74) is 1.28. The molecule has 0 radical (unpaired) electrons. The molecule has 2 aliphatic rings. The number of hydrogen-bond acceptors (Lipinski definition) is 2. The largest absolute Gasteiger partial charge is 0.314 e. The Hall–Kier alpha value is -0.830. The average molecular weight is 289 g/mol. The molecular formula is C18H31N3. The highest BCUT2D eigenvalue weighted by atomic mass is 15.3. The Kier molecular flexibility index (Phi) is 4.99. The van der Waals surface area contributed by atoms with E-state index < -0.39 is 0 Å². The van der Waals surface area contributed by atoms with Crippen molar-refractivity contribution in [2.45, 2.75) is 77.3 Å². The maximum Gasteiger partial charge on any atom is 0.0640 e. The lowest BCUT2D eigenvalue weighted by atomic mass is 9.87. The molecule has 1 aromatic heterocycles. The van der Waals surface area contributed by atoms with Crippen LogP contribution in [-0.2, 0) is 6.42 Å². The van der Waals surface area contributed by atoms with Gasteiger partial charge in [-0.15, -0.1) is 0 Å². The Morgan fingerprint density at radius 3 is 2.71 bits per heavy atom. The van der Waals surface area contributed by atoms with Crippen molar-refractivity contribution in [1.29, 1.82) is 0 Å². The van der Waals surface area contributed by atoms with Crippen molar-refractivity contribution in [3.63, 3.8) is 0 Å². The predicted octanol–water partition coefficient (Wildman–Crippen LogP) is 3.96. The second kappa shape index (κ2) is 6.95. The van der Waals surface area contributed by atoms with E-state index in [1.165, 1.54) is 50.6 Å². The lowest BCUT2D eigenvalue weighted by Crippen LogP contribution is -2.39. The third kappa shape index (κ3) is 3.50. The Bertz CT molecular complexity index is 433. The van der Waals surface area contributed by atoms with Crippen molar-refractivity contribution in [2.75, 3.05) is 6.54 Å². The van der Waals surface area contributed by atoms with Gasteiger partial charge in [0, 0.05) is 18.7 Å². The normalized spacial score (nSPS) is 28.3. The number of rotatable bonds is 6. The predicted molar refractivity (Wildman–Crippen MR) is 87.4 cm³/mol. The van der Waals surface area contributed by atoms with Crippen molar-refractivity contribution >= 4 is 0 Å². The zero-order valence-electron chi connectivity index (χ0n) is 13.7. The zero-order chi connectivity index (χ0) is 14.7. The van der Waals surface area contributed by atoms with Crippen LogP contribution in [-0.4, -0.2) is 22.4 Å². The van der Waals surface area contributed by atoms with Gasteiger partial charge in [-0.3, -0.25) is 4.68 Å². The van der Waals surface area contributed by atoms with Crippen LogP contribution >= 0.6 is 0 Å². The summed E-state index contributed by atoms with van der Waals surface area (Å²) >= 11 is 0. The highest BCUT2D eigenvalue weighted by molar-refractivity contribution is 5.04. The van der Waals surface area contributed by atoms with Crippen molar-refractivity contribution in [1.82, 2.24) is 15.1 Å². The zero-order valence-corrected chi connectivity index (χ0v) is 13.7. The molecule has 3 heteroatoms. The van der Waals surface area contributed by atoms with E-state index in [0.717, 1.165) is 24.8 Å². The summed E-state index contributed by atoms with van der Waals surface area (Å²) < 4.78 is 2.24. The molecule has 2 aliphatic carbocycles. The summed E-state index contributed by atoms with van der Waals surface area (Å²) in [7, 11) is 0. The second-order valence-electron chi connectivity index (χ2n) is 7.17. The van der Waals surface area contributed by atoms with E-state index in [4.69, 9.17) is 5.10 Å². The van der Waals surface area contributed by atoms with E-state index in [1.807, 2.05) is 0 Å². The van der Waals surface area contributed by atoms with E-state index >= 15 is 0 Å². The molecule has 1 heterocycles. The maximum atomic E-state index is 4.89. The van der Waals surface area contributed by atoms with Crippen LogP contribution in [0.3, 0.4) is 0 Å². The van der Waals surface area contributed by atoms with Gasteiger partial charge in [0.2, 0.25) is 0 Å². The summed E-state index contributed by atoms with van der Waals surface area (Å²) in [5.74, 6) is 1.70. The second-order valence-corrected chi connectivity index (χ2v) is 7.17. The summed E-state index contributed by atoms with van der Waals surface area (Å²) in [6.45, 7) is 5.72. The van der Waals surface area contributed by atoms with E-state index in [2.05, 4.69) is 36.1 Å². The number of hydrogen-bond donors (Lipinski definition) is 1. The first kappa shape index (κ1) is 15.1. The third-order valence-electron chi connectivity index (χ3n) is 5.70. The fourth-order valence-corrected chi connectivity index (χ4v) is 4.49. The molecule has 3 rings (SSSR count). The lowest BCUT2D eigenvalue weighted by molar-refractivity contribution is 0.296. The summed E-state index contributed by atoms with van der Waals surface area (Å²) in [6.07, 6.45) is 12.9.